The van der Waals surface area contributed by atoms with Crippen LogP contribution in [0.4, 0.5) is 0 Å². The Morgan fingerprint density at radius 2 is 2.00 bits per heavy atom. The molecular formula is C14H16N2O3. The molecule has 0 amide bonds. The normalized spacial score (nSPS) is 10.9. The van der Waals surface area contributed by atoms with E-state index >= 15 is 0 Å². The van der Waals surface area contributed by atoms with Crippen molar-refractivity contribution in [3.8, 4) is 17.0 Å². The van der Waals surface area contributed by atoms with Crippen LogP contribution >= 0.6 is 0 Å². The van der Waals surface area contributed by atoms with Crippen LogP contribution in [0.1, 0.15) is 35.8 Å². The molecule has 1 heterocycles. The lowest BCUT2D eigenvalue weighted by Crippen LogP contribution is -1.99. The second kappa shape index (κ2) is 4.76. The molecule has 0 unspecified atom stereocenters. The van der Waals surface area contributed by atoms with Gasteiger partial charge in [0.15, 0.2) is 5.69 Å². The van der Waals surface area contributed by atoms with E-state index in [2.05, 4.69) is 18.9 Å². The van der Waals surface area contributed by atoms with E-state index < -0.39 is 5.97 Å². The van der Waals surface area contributed by atoms with Crippen molar-refractivity contribution in [2.24, 2.45) is 7.05 Å². The number of rotatable bonds is 3. The fourth-order valence-corrected chi connectivity index (χ4v) is 1.94. The number of aromatic nitrogens is 2. The molecule has 100 valence electrons. The molecule has 0 saturated carbocycles. The highest BCUT2D eigenvalue weighted by atomic mass is 16.4. The van der Waals surface area contributed by atoms with Gasteiger partial charge in [-0.05, 0) is 29.7 Å². The summed E-state index contributed by atoms with van der Waals surface area (Å²) >= 11 is 0. The Morgan fingerprint density at radius 3 is 2.53 bits per heavy atom. The second-order valence-electron chi connectivity index (χ2n) is 4.77. The van der Waals surface area contributed by atoms with Crippen molar-refractivity contribution < 1.29 is 15.0 Å². The smallest absolute Gasteiger partial charge is 0.356 e. The van der Waals surface area contributed by atoms with E-state index in [1.807, 2.05) is 12.1 Å². The summed E-state index contributed by atoms with van der Waals surface area (Å²) in [5.74, 6) is -0.641. The van der Waals surface area contributed by atoms with Gasteiger partial charge in [0.2, 0.25) is 0 Å². The van der Waals surface area contributed by atoms with E-state index in [1.54, 1.807) is 13.1 Å². The van der Waals surface area contributed by atoms with Crippen LogP contribution in [0, 0.1) is 0 Å². The van der Waals surface area contributed by atoms with Gasteiger partial charge in [0.25, 0.3) is 0 Å². The van der Waals surface area contributed by atoms with Crippen LogP contribution in [0.5, 0.6) is 5.75 Å². The standard InChI is InChI=1S/C14H16N2O3/c1-8(2)9-4-5-13(17)10(6-9)12-7-11(14(18)19)15-16(12)3/h4-8,17H,1-3H3,(H,18,19). The number of aryl methyl sites for hydroxylation is 1. The highest BCUT2D eigenvalue weighted by Gasteiger charge is 2.16. The minimum absolute atomic E-state index is 0.0353. The van der Waals surface area contributed by atoms with Crippen molar-refractivity contribution >= 4 is 5.97 Å². The summed E-state index contributed by atoms with van der Waals surface area (Å²) in [6, 6.07) is 6.81. The molecule has 0 fully saturated rings. The van der Waals surface area contributed by atoms with Gasteiger partial charge in [-0.3, -0.25) is 4.68 Å². The van der Waals surface area contributed by atoms with Crippen LogP contribution in [0.15, 0.2) is 24.3 Å². The van der Waals surface area contributed by atoms with Gasteiger partial charge in [0.05, 0.1) is 5.69 Å². The third-order valence-electron chi connectivity index (χ3n) is 3.06. The largest absolute Gasteiger partial charge is 0.507 e. The van der Waals surface area contributed by atoms with Gasteiger partial charge < -0.3 is 10.2 Å². The third-order valence-corrected chi connectivity index (χ3v) is 3.06. The van der Waals surface area contributed by atoms with E-state index in [0.29, 0.717) is 17.2 Å². The Labute approximate surface area is 111 Å². The molecule has 2 rings (SSSR count). The summed E-state index contributed by atoms with van der Waals surface area (Å²) in [4.78, 5) is 10.9. The molecule has 5 nitrogen and oxygen atoms in total. The number of nitrogens with zero attached hydrogens (tertiary/aromatic N) is 2. The van der Waals surface area contributed by atoms with Crippen LogP contribution < -0.4 is 0 Å². The zero-order chi connectivity index (χ0) is 14.2. The molecule has 1 aromatic carbocycles. The number of benzene rings is 1. The summed E-state index contributed by atoms with van der Waals surface area (Å²) in [5.41, 5.74) is 2.21. The summed E-state index contributed by atoms with van der Waals surface area (Å²) < 4.78 is 1.46. The molecule has 0 aliphatic heterocycles. The number of phenolic OH excluding ortho intramolecular Hbond substituents is 1. The first-order valence-electron chi connectivity index (χ1n) is 6.00. The SMILES string of the molecule is CC(C)c1ccc(O)c(-c2cc(C(=O)O)nn2C)c1. The molecule has 0 saturated heterocycles. The number of hydrogen-bond acceptors (Lipinski definition) is 3. The lowest BCUT2D eigenvalue weighted by molar-refractivity contribution is 0.0689. The number of phenols is 1. The molecule has 0 spiro atoms. The average molecular weight is 260 g/mol. The highest BCUT2D eigenvalue weighted by Crippen LogP contribution is 2.32. The highest BCUT2D eigenvalue weighted by molar-refractivity contribution is 5.87. The van der Waals surface area contributed by atoms with Crippen molar-refractivity contribution in [2.75, 3.05) is 0 Å². The minimum atomic E-state index is -1.08. The lowest BCUT2D eigenvalue weighted by Gasteiger charge is -2.10. The van der Waals surface area contributed by atoms with Gasteiger partial charge >= 0.3 is 5.97 Å². The fraction of sp³-hybridized carbons (Fsp3) is 0.286. The molecular weight excluding hydrogens is 244 g/mol. The summed E-state index contributed by atoms with van der Waals surface area (Å²) in [6.07, 6.45) is 0. The van der Waals surface area contributed by atoms with Gasteiger partial charge in [0.1, 0.15) is 5.75 Å². The Balaban J connectivity index is 2.57. The third kappa shape index (κ3) is 2.45. The molecule has 5 heteroatoms. The first kappa shape index (κ1) is 13.1. The van der Waals surface area contributed by atoms with Gasteiger partial charge in [-0.1, -0.05) is 19.9 Å². The Bertz CT molecular complexity index is 630. The van der Waals surface area contributed by atoms with Crippen molar-refractivity contribution in [1.29, 1.82) is 0 Å². The second-order valence-corrected chi connectivity index (χ2v) is 4.77. The molecule has 0 radical (unpaired) electrons. The van der Waals surface area contributed by atoms with E-state index in [1.165, 1.54) is 10.7 Å². The van der Waals surface area contributed by atoms with Gasteiger partial charge in [-0.2, -0.15) is 5.10 Å². The number of carboxylic acid groups (broad SMARTS) is 1. The molecule has 19 heavy (non-hydrogen) atoms. The minimum Gasteiger partial charge on any atom is -0.507 e. The number of aromatic carboxylic acids is 1. The van der Waals surface area contributed by atoms with Crippen LogP contribution in [0.25, 0.3) is 11.3 Å². The first-order valence-corrected chi connectivity index (χ1v) is 6.00. The molecule has 0 atom stereocenters. The summed E-state index contributed by atoms with van der Waals surface area (Å²) in [5, 5.41) is 22.8. The molecule has 0 aliphatic rings. The maximum atomic E-state index is 10.9. The van der Waals surface area contributed by atoms with Crippen molar-refractivity contribution in [3.63, 3.8) is 0 Å². The van der Waals surface area contributed by atoms with Crippen molar-refractivity contribution in [1.82, 2.24) is 9.78 Å². The lowest BCUT2D eigenvalue weighted by atomic mass is 9.99. The summed E-state index contributed by atoms with van der Waals surface area (Å²) in [7, 11) is 1.66. The quantitative estimate of drug-likeness (QED) is 0.889. The monoisotopic (exact) mass is 260 g/mol. The van der Waals surface area contributed by atoms with Crippen LogP contribution in [0.2, 0.25) is 0 Å². The van der Waals surface area contributed by atoms with E-state index in [4.69, 9.17) is 5.11 Å². The Hall–Kier alpha value is -2.30. The van der Waals surface area contributed by atoms with Gasteiger partial charge in [0, 0.05) is 12.6 Å². The maximum Gasteiger partial charge on any atom is 0.356 e. The van der Waals surface area contributed by atoms with Crippen LogP contribution in [-0.2, 0) is 7.05 Å². The Morgan fingerprint density at radius 1 is 1.32 bits per heavy atom. The average Bonchev–Trinajstić information content (AvgIpc) is 2.72. The predicted molar refractivity (Wildman–Crippen MR) is 71.4 cm³/mol. The zero-order valence-electron chi connectivity index (χ0n) is 11.1. The molecule has 2 aromatic rings. The van der Waals surface area contributed by atoms with E-state index in [9.17, 15) is 9.90 Å². The fourth-order valence-electron chi connectivity index (χ4n) is 1.94. The van der Waals surface area contributed by atoms with Gasteiger partial charge in [-0.15, -0.1) is 0 Å². The Kier molecular flexibility index (Phi) is 3.29. The predicted octanol–water partition coefficient (Wildman–Crippen LogP) is 2.61. The van der Waals surface area contributed by atoms with Crippen molar-refractivity contribution in [3.05, 3.63) is 35.5 Å². The summed E-state index contributed by atoms with van der Waals surface area (Å²) in [6.45, 7) is 4.12. The van der Waals surface area contributed by atoms with E-state index in [-0.39, 0.29) is 11.4 Å². The number of hydrogen-bond donors (Lipinski definition) is 2. The molecule has 0 aliphatic carbocycles. The molecule has 1 aromatic heterocycles. The van der Waals surface area contributed by atoms with E-state index in [0.717, 1.165) is 5.56 Å². The molecule has 2 N–H and O–H groups in total. The number of carboxylic acids is 1. The van der Waals surface area contributed by atoms with Crippen molar-refractivity contribution in [2.45, 2.75) is 19.8 Å². The topological polar surface area (TPSA) is 75.3 Å². The van der Waals surface area contributed by atoms with Crippen LogP contribution in [-0.4, -0.2) is 26.0 Å². The first-order chi connectivity index (χ1) is 8.90. The van der Waals surface area contributed by atoms with Gasteiger partial charge in [-0.25, -0.2) is 4.79 Å². The van der Waals surface area contributed by atoms with Crippen LogP contribution in [0.3, 0.4) is 0 Å². The number of aromatic hydroxyl groups is 1. The zero-order valence-corrected chi connectivity index (χ0v) is 11.1. The number of carbonyl (C=O) groups is 1. The maximum absolute atomic E-state index is 10.9. The molecule has 0 bridgehead atoms.